The van der Waals surface area contributed by atoms with Gasteiger partial charge in [-0.25, -0.2) is 0 Å². The number of hydrogen-bond acceptors (Lipinski definition) is 5. The van der Waals surface area contributed by atoms with Crippen molar-refractivity contribution in [2.45, 2.75) is 6.92 Å². The average molecular weight is 304 g/mol. The molecule has 1 aliphatic heterocycles. The van der Waals surface area contributed by atoms with Gasteiger partial charge in [-0.05, 0) is 23.8 Å². The molecule has 118 valence electrons. The van der Waals surface area contributed by atoms with Crippen LogP contribution in [0.3, 0.4) is 0 Å². The van der Waals surface area contributed by atoms with Gasteiger partial charge in [-0.2, -0.15) is 0 Å². The van der Waals surface area contributed by atoms with Crippen LogP contribution in [0.1, 0.15) is 12.5 Å². The molecule has 0 atom stereocenters. The minimum Gasteiger partial charge on any atom is -0.493 e. The van der Waals surface area contributed by atoms with E-state index >= 15 is 0 Å². The molecule has 0 unspecified atom stereocenters. The Labute approximate surface area is 129 Å². The SMILES string of the molecule is COc1cc(/C=C/C(=O)N2CCNCC2)ccc1OC(C)=O. The molecule has 1 amide bonds. The van der Waals surface area contributed by atoms with Gasteiger partial charge in [0.25, 0.3) is 0 Å². The molecule has 1 aliphatic rings. The smallest absolute Gasteiger partial charge is 0.308 e. The zero-order chi connectivity index (χ0) is 15.9. The zero-order valence-corrected chi connectivity index (χ0v) is 12.8. The van der Waals surface area contributed by atoms with E-state index in [1.165, 1.54) is 14.0 Å². The first-order valence-corrected chi connectivity index (χ1v) is 7.14. The summed E-state index contributed by atoms with van der Waals surface area (Å²) in [4.78, 5) is 24.9. The van der Waals surface area contributed by atoms with Crippen molar-refractivity contribution in [2.75, 3.05) is 33.3 Å². The largest absolute Gasteiger partial charge is 0.493 e. The molecule has 22 heavy (non-hydrogen) atoms. The van der Waals surface area contributed by atoms with Gasteiger partial charge < -0.3 is 19.7 Å². The lowest BCUT2D eigenvalue weighted by Gasteiger charge is -2.26. The minimum absolute atomic E-state index is 0.00970. The molecule has 0 spiro atoms. The first-order valence-electron chi connectivity index (χ1n) is 7.14. The molecular formula is C16H20N2O4. The number of piperazine rings is 1. The maximum Gasteiger partial charge on any atom is 0.308 e. The molecule has 6 heteroatoms. The Morgan fingerprint density at radius 3 is 2.59 bits per heavy atom. The van der Waals surface area contributed by atoms with Gasteiger partial charge in [-0.15, -0.1) is 0 Å². The Bertz CT molecular complexity index is 578. The van der Waals surface area contributed by atoms with Crippen LogP contribution >= 0.6 is 0 Å². The quantitative estimate of drug-likeness (QED) is 0.512. The lowest BCUT2D eigenvalue weighted by molar-refractivity contribution is -0.132. The first kappa shape index (κ1) is 16.0. The summed E-state index contributed by atoms with van der Waals surface area (Å²) in [6.45, 7) is 4.42. The van der Waals surface area contributed by atoms with Gasteiger partial charge in [0, 0.05) is 39.2 Å². The fraction of sp³-hybridized carbons (Fsp3) is 0.375. The van der Waals surface area contributed by atoms with Crippen molar-refractivity contribution >= 4 is 18.0 Å². The fourth-order valence-electron chi connectivity index (χ4n) is 2.19. The topological polar surface area (TPSA) is 67.9 Å². The van der Waals surface area contributed by atoms with Crippen molar-refractivity contribution in [1.82, 2.24) is 10.2 Å². The number of methoxy groups -OCH3 is 1. The van der Waals surface area contributed by atoms with E-state index in [0.29, 0.717) is 11.5 Å². The van der Waals surface area contributed by atoms with E-state index in [4.69, 9.17) is 9.47 Å². The number of nitrogens with one attached hydrogen (secondary N) is 1. The van der Waals surface area contributed by atoms with Crippen LogP contribution in [-0.2, 0) is 9.59 Å². The number of hydrogen-bond donors (Lipinski definition) is 1. The number of carbonyl (C=O) groups is 2. The predicted molar refractivity (Wildman–Crippen MR) is 82.8 cm³/mol. The standard InChI is InChI=1S/C16H20N2O4/c1-12(19)22-14-5-3-13(11-15(14)21-2)4-6-16(20)18-9-7-17-8-10-18/h3-6,11,17H,7-10H2,1-2H3/b6-4+. The summed E-state index contributed by atoms with van der Waals surface area (Å²) in [6.07, 6.45) is 3.27. The number of rotatable bonds is 4. The van der Waals surface area contributed by atoms with E-state index in [0.717, 1.165) is 31.7 Å². The number of ether oxygens (including phenoxy) is 2. The van der Waals surface area contributed by atoms with Crippen molar-refractivity contribution in [1.29, 1.82) is 0 Å². The first-order chi connectivity index (χ1) is 10.6. The van der Waals surface area contributed by atoms with Crippen molar-refractivity contribution in [2.24, 2.45) is 0 Å². The third-order valence-corrected chi connectivity index (χ3v) is 3.29. The van der Waals surface area contributed by atoms with Gasteiger partial charge in [0.05, 0.1) is 7.11 Å². The molecule has 1 aromatic rings. The van der Waals surface area contributed by atoms with Crippen molar-refractivity contribution in [3.05, 3.63) is 29.8 Å². The molecule has 1 saturated heterocycles. The Morgan fingerprint density at radius 2 is 1.95 bits per heavy atom. The van der Waals surface area contributed by atoms with Crippen LogP contribution in [0.2, 0.25) is 0 Å². The highest BCUT2D eigenvalue weighted by Gasteiger charge is 2.13. The molecular weight excluding hydrogens is 284 g/mol. The van der Waals surface area contributed by atoms with E-state index in [1.54, 1.807) is 35.3 Å². The Morgan fingerprint density at radius 1 is 1.23 bits per heavy atom. The summed E-state index contributed by atoms with van der Waals surface area (Å²) >= 11 is 0. The third-order valence-electron chi connectivity index (χ3n) is 3.29. The predicted octanol–water partition coefficient (Wildman–Crippen LogP) is 1.07. The highest BCUT2D eigenvalue weighted by Crippen LogP contribution is 2.28. The van der Waals surface area contributed by atoms with Gasteiger partial charge in [0.1, 0.15) is 0 Å². The second kappa shape index (κ2) is 7.61. The summed E-state index contributed by atoms with van der Waals surface area (Å²) in [5, 5.41) is 3.20. The molecule has 2 rings (SSSR count). The highest BCUT2D eigenvalue weighted by molar-refractivity contribution is 5.92. The minimum atomic E-state index is -0.407. The Balaban J connectivity index is 2.07. The number of benzene rings is 1. The van der Waals surface area contributed by atoms with Crippen molar-refractivity contribution in [3.63, 3.8) is 0 Å². The van der Waals surface area contributed by atoms with Crippen molar-refractivity contribution in [3.8, 4) is 11.5 Å². The van der Waals surface area contributed by atoms with Crippen LogP contribution in [0.4, 0.5) is 0 Å². The van der Waals surface area contributed by atoms with Gasteiger partial charge in [0.2, 0.25) is 5.91 Å². The van der Waals surface area contributed by atoms with Gasteiger partial charge in [-0.3, -0.25) is 9.59 Å². The molecule has 6 nitrogen and oxygen atoms in total. The molecule has 1 fully saturated rings. The molecule has 0 bridgehead atoms. The second-order valence-electron chi connectivity index (χ2n) is 4.91. The van der Waals surface area contributed by atoms with Gasteiger partial charge in [0.15, 0.2) is 11.5 Å². The molecule has 1 heterocycles. The maximum absolute atomic E-state index is 12.0. The lowest BCUT2D eigenvalue weighted by atomic mass is 10.2. The van der Waals surface area contributed by atoms with E-state index in [1.807, 2.05) is 0 Å². The molecule has 1 aromatic carbocycles. The van der Waals surface area contributed by atoms with E-state index < -0.39 is 5.97 Å². The van der Waals surface area contributed by atoms with Crippen LogP contribution in [0.5, 0.6) is 11.5 Å². The third kappa shape index (κ3) is 4.33. The molecule has 1 N–H and O–H groups in total. The van der Waals surface area contributed by atoms with E-state index in [2.05, 4.69) is 5.32 Å². The zero-order valence-electron chi connectivity index (χ0n) is 12.8. The molecule has 0 saturated carbocycles. The second-order valence-corrected chi connectivity index (χ2v) is 4.91. The average Bonchev–Trinajstić information content (AvgIpc) is 2.54. The monoisotopic (exact) mass is 304 g/mol. The number of carbonyl (C=O) groups excluding carboxylic acids is 2. The van der Waals surface area contributed by atoms with E-state index in [-0.39, 0.29) is 5.91 Å². The molecule has 0 aromatic heterocycles. The van der Waals surface area contributed by atoms with Crippen molar-refractivity contribution < 1.29 is 19.1 Å². The Hall–Kier alpha value is -2.34. The van der Waals surface area contributed by atoms with Crippen LogP contribution in [-0.4, -0.2) is 50.1 Å². The summed E-state index contributed by atoms with van der Waals surface area (Å²) < 4.78 is 10.2. The molecule has 0 aliphatic carbocycles. The van der Waals surface area contributed by atoms with Crippen LogP contribution in [0.15, 0.2) is 24.3 Å². The van der Waals surface area contributed by atoms with Crippen LogP contribution in [0, 0.1) is 0 Å². The maximum atomic E-state index is 12.0. The Kier molecular flexibility index (Phi) is 5.55. The fourth-order valence-corrected chi connectivity index (χ4v) is 2.19. The van der Waals surface area contributed by atoms with Gasteiger partial charge in [-0.1, -0.05) is 6.07 Å². The summed E-state index contributed by atoms with van der Waals surface area (Å²) in [7, 11) is 1.50. The van der Waals surface area contributed by atoms with Crippen LogP contribution < -0.4 is 14.8 Å². The highest BCUT2D eigenvalue weighted by atomic mass is 16.6. The number of amides is 1. The normalized spacial score (nSPS) is 14.9. The number of nitrogens with zero attached hydrogens (tertiary/aromatic N) is 1. The lowest BCUT2D eigenvalue weighted by Crippen LogP contribution is -2.45. The van der Waals surface area contributed by atoms with Gasteiger partial charge >= 0.3 is 5.97 Å². The van der Waals surface area contributed by atoms with E-state index in [9.17, 15) is 9.59 Å². The molecule has 0 radical (unpaired) electrons. The summed E-state index contributed by atoms with van der Waals surface area (Å²) in [6, 6.07) is 5.14. The van der Waals surface area contributed by atoms with Crippen LogP contribution in [0.25, 0.3) is 6.08 Å². The summed E-state index contributed by atoms with van der Waals surface area (Å²) in [5.41, 5.74) is 0.802. The number of esters is 1. The summed E-state index contributed by atoms with van der Waals surface area (Å²) in [5.74, 6) is 0.396.